The van der Waals surface area contributed by atoms with Gasteiger partial charge in [-0.25, -0.2) is 9.67 Å². The zero-order chi connectivity index (χ0) is 17.1. The van der Waals surface area contributed by atoms with Crippen molar-refractivity contribution in [3.05, 3.63) is 71.7 Å². The molecular formula is C19H20N4O. The summed E-state index contributed by atoms with van der Waals surface area (Å²) in [5.74, 6) is 0.548. The summed E-state index contributed by atoms with van der Waals surface area (Å²) in [4.78, 5) is 16.8. The fourth-order valence-corrected chi connectivity index (χ4v) is 2.48. The minimum atomic E-state index is -0.256. The predicted octanol–water partition coefficient (Wildman–Crippen LogP) is 3.95. The fourth-order valence-electron chi connectivity index (χ4n) is 2.48. The highest BCUT2D eigenvalue weighted by Gasteiger charge is 2.18. The number of rotatable bonds is 4. The van der Waals surface area contributed by atoms with Gasteiger partial charge in [-0.15, -0.1) is 0 Å². The molecule has 1 amide bonds. The number of para-hydroxylation sites is 1. The number of hydrogen-bond acceptors (Lipinski definition) is 3. The highest BCUT2D eigenvalue weighted by atomic mass is 16.2. The van der Waals surface area contributed by atoms with Gasteiger partial charge in [0.25, 0.3) is 5.91 Å². The predicted molar refractivity (Wildman–Crippen MR) is 94.6 cm³/mol. The van der Waals surface area contributed by atoms with Gasteiger partial charge in [0.2, 0.25) is 0 Å². The zero-order valence-electron chi connectivity index (χ0n) is 14.0. The van der Waals surface area contributed by atoms with Crippen molar-refractivity contribution in [2.24, 2.45) is 0 Å². The van der Waals surface area contributed by atoms with E-state index in [1.54, 1.807) is 6.20 Å². The van der Waals surface area contributed by atoms with Crippen molar-refractivity contribution in [3.8, 4) is 5.69 Å². The molecule has 0 radical (unpaired) electrons. The topological polar surface area (TPSA) is 59.8 Å². The lowest BCUT2D eigenvalue weighted by molar-refractivity contribution is 0.102. The number of carbonyl (C=O) groups is 1. The quantitative estimate of drug-likeness (QED) is 0.792. The molecule has 1 aromatic carbocycles. The number of nitrogens with one attached hydrogen (secondary N) is 1. The van der Waals surface area contributed by atoms with Crippen LogP contribution in [0, 0.1) is 6.92 Å². The molecule has 5 heteroatoms. The molecule has 0 unspecified atom stereocenters. The summed E-state index contributed by atoms with van der Waals surface area (Å²) in [6.07, 6.45) is 1.66. The van der Waals surface area contributed by atoms with E-state index < -0.39 is 0 Å². The Balaban J connectivity index is 1.94. The van der Waals surface area contributed by atoms with Crippen LogP contribution in [-0.4, -0.2) is 20.7 Å². The first-order valence-electron chi connectivity index (χ1n) is 7.94. The van der Waals surface area contributed by atoms with Crippen LogP contribution < -0.4 is 5.32 Å². The lowest BCUT2D eigenvalue weighted by Gasteiger charge is -2.09. The Bertz CT molecular complexity index is 853. The molecule has 0 fully saturated rings. The van der Waals surface area contributed by atoms with E-state index in [1.165, 1.54) is 0 Å². The number of anilines is 1. The van der Waals surface area contributed by atoms with Crippen LogP contribution in [0.2, 0.25) is 0 Å². The second-order valence-corrected chi connectivity index (χ2v) is 5.98. The van der Waals surface area contributed by atoms with Gasteiger partial charge in [-0.3, -0.25) is 4.79 Å². The van der Waals surface area contributed by atoms with Gasteiger partial charge in [-0.2, -0.15) is 5.10 Å². The smallest absolute Gasteiger partial charge is 0.277 e. The average molecular weight is 320 g/mol. The van der Waals surface area contributed by atoms with Gasteiger partial charge in [0.05, 0.1) is 5.69 Å². The summed E-state index contributed by atoms with van der Waals surface area (Å²) in [5, 5.41) is 7.34. The van der Waals surface area contributed by atoms with E-state index in [0.717, 1.165) is 16.9 Å². The van der Waals surface area contributed by atoms with Crippen molar-refractivity contribution in [1.29, 1.82) is 0 Å². The van der Waals surface area contributed by atoms with E-state index in [2.05, 4.69) is 29.2 Å². The second kappa shape index (κ2) is 6.66. The molecule has 0 saturated carbocycles. The third kappa shape index (κ3) is 3.20. The Morgan fingerprint density at radius 2 is 1.88 bits per heavy atom. The van der Waals surface area contributed by atoms with Crippen molar-refractivity contribution >= 4 is 11.7 Å². The molecule has 3 aromatic rings. The number of pyridine rings is 1. The van der Waals surface area contributed by atoms with Crippen LogP contribution in [0.4, 0.5) is 5.82 Å². The third-order valence-corrected chi connectivity index (χ3v) is 3.80. The Hall–Kier alpha value is -2.95. The van der Waals surface area contributed by atoms with Crippen LogP contribution in [0.15, 0.2) is 54.7 Å². The van der Waals surface area contributed by atoms with Crippen LogP contribution in [0.25, 0.3) is 5.69 Å². The van der Waals surface area contributed by atoms with E-state index in [-0.39, 0.29) is 11.8 Å². The molecule has 2 aromatic heterocycles. The van der Waals surface area contributed by atoms with Crippen LogP contribution in [0.5, 0.6) is 0 Å². The molecule has 24 heavy (non-hydrogen) atoms. The third-order valence-electron chi connectivity index (χ3n) is 3.80. The summed E-state index contributed by atoms with van der Waals surface area (Å²) in [7, 11) is 0. The highest BCUT2D eigenvalue weighted by Crippen LogP contribution is 2.21. The molecule has 0 aliphatic carbocycles. The summed E-state index contributed by atoms with van der Waals surface area (Å²) >= 11 is 0. The molecule has 0 atom stereocenters. The summed E-state index contributed by atoms with van der Waals surface area (Å²) < 4.78 is 1.82. The zero-order valence-corrected chi connectivity index (χ0v) is 14.0. The lowest BCUT2D eigenvalue weighted by Crippen LogP contribution is -2.15. The highest BCUT2D eigenvalue weighted by molar-refractivity contribution is 6.02. The first-order valence-corrected chi connectivity index (χ1v) is 7.94. The van der Waals surface area contributed by atoms with E-state index in [9.17, 15) is 4.79 Å². The number of nitrogens with zero attached hydrogens (tertiary/aromatic N) is 3. The van der Waals surface area contributed by atoms with Crippen LogP contribution in [0.1, 0.15) is 41.5 Å². The number of hydrogen-bond donors (Lipinski definition) is 1. The van der Waals surface area contributed by atoms with Crippen LogP contribution in [0.3, 0.4) is 0 Å². The molecular weight excluding hydrogens is 300 g/mol. The monoisotopic (exact) mass is 320 g/mol. The van der Waals surface area contributed by atoms with Gasteiger partial charge in [-0.05, 0) is 42.7 Å². The molecule has 5 nitrogen and oxygen atoms in total. The van der Waals surface area contributed by atoms with Crippen molar-refractivity contribution in [2.75, 3.05) is 5.32 Å². The maximum atomic E-state index is 12.6. The van der Waals surface area contributed by atoms with Gasteiger partial charge in [0, 0.05) is 11.9 Å². The molecule has 0 bridgehead atoms. The summed E-state index contributed by atoms with van der Waals surface area (Å²) in [5.41, 5.74) is 3.23. The van der Waals surface area contributed by atoms with E-state index in [4.69, 9.17) is 0 Å². The van der Waals surface area contributed by atoms with Crippen LogP contribution >= 0.6 is 0 Å². The summed E-state index contributed by atoms with van der Waals surface area (Å²) in [6, 6.07) is 15.4. The Morgan fingerprint density at radius 1 is 1.12 bits per heavy atom. The van der Waals surface area contributed by atoms with Gasteiger partial charge in [0.1, 0.15) is 5.82 Å². The molecule has 0 spiro atoms. The molecule has 2 heterocycles. The molecule has 0 aliphatic heterocycles. The Morgan fingerprint density at radius 3 is 2.54 bits per heavy atom. The van der Waals surface area contributed by atoms with Gasteiger partial charge in [-0.1, -0.05) is 38.1 Å². The number of aryl methyl sites for hydroxylation is 1. The van der Waals surface area contributed by atoms with Crippen molar-refractivity contribution in [1.82, 2.24) is 14.8 Å². The molecule has 3 rings (SSSR count). The lowest BCUT2D eigenvalue weighted by atomic mass is 10.1. The Labute approximate surface area is 141 Å². The maximum Gasteiger partial charge on any atom is 0.277 e. The first kappa shape index (κ1) is 15.9. The SMILES string of the molecule is Cc1cccnc1NC(=O)c1cc(C(C)C)n(-c2ccccc2)n1. The van der Waals surface area contributed by atoms with E-state index in [0.29, 0.717) is 11.5 Å². The minimum Gasteiger partial charge on any atom is -0.305 e. The number of benzene rings is 1. The number of amides is 1. The van der Waals surface area contributed by atoms with Crippen molar-refractivity contribution in [2.45, 2.75) is 26.7 Å². The number of aromatic nitrogens is 3. The molecule has 0 saturated heterocycles. The largest absolute Gasteiger partial charge is 0.305 e. The first-order chi connectivity index (χ1) is 11.6. The fraction of sp³-hybridized carbons (Fsp3) is 0.211. The molecule has 122 valence electrons. The van der Waals surface area contributed by atoms with Crippen molar-refractivity contribution < 1.29 is 4.79 Å². The van der Waals surface area contributed by atoms with Crippen molar-refractivity contribution in [3.63, 3.8) is 0 Å². The van der Waals surface area contributed by atoms with Gasteiger partial charge in [0.15, 0.2) is 5.69 Å². The van der Waals surface area contributed by atoms with Crippen LogP contribution in [-0.2, 0) is 0 Å². The second-order valence-electron chi connectivity index (χ2n) is 5.98. The van der Waals surface area contributed by atoms with E-state index >= 15 is 0 Å². The van der Waals surface area contributed by atoms with Gasteiger partial charge < -0.3 is 5.32 Å². The Kier molecular flexibility index (Phi) is 4.42. The maximum absolute atomic E-state index is 12.6. The minimum absolute atomic E-state index is 0.246. The normalized spacial score (nSPS) is 10.8. The number of carbonyl (C=O) groups excluding carboxylic acids is 1. The standard InChI is InChI=1S/C19H20N4O/c1-13(2)17-12-16(22-23(17)15-9-5-4-6-10-15)19(24)21-18-14(3)8-7-11-20-18/h4-13H,1-3H3,(H,20,21,24). The summed E-state index contributed by atoms with van der Waals surface area (Å²) in [6.45, 7) is 6.08. The average Bonchev–Trinajstić information content (AvgIpc) is 3.03. The molecule has 0 aliphatic rings. The van der Waals surface area contributed by atoms with Gasteiger partial charge >= 0.3 is 0 Å². The van der Waals surface area contributed by atoms with E-state index in [1.807, 2.05) is 60.1 Å². The molecule has 1 N–H and O–H groups in total.